The van der Waals surface area contributed by atoms with Gasteiger partial charge in [-0.05, 0) is 61.1 Å². The fourth-order valence-corrected chi connectivity index (χ4v) is 4.01. The number of nitrogens with one attached hydrogen (secondary N) is 1. The normalized spacial score (nSPS) is 26.4. The summed E-state index contributed by atoms with van der Waals surface area (Å²) in [5.74, 6) is 2.94. The Morgan fingerprint density at radius 3 is 2.57 bits per heavy atom. The van der Waals surface area contributed by atoms with Crippen LogP contribution < -0.4 is 11.1 Å². The number of benzene rings is 1. The first kappa shape index (κ1) is 16.2. The highest BCUT2D eigenvalue weighted by atomic mass is 35.5. The zero-order chi connectivity index (χ0) is 13.9. The summed E-state index contributed by atoms with van der Waals surface area (Å²) in [5.41, 5.74) is 7.40. The summed E-state index contributed by atoms with van der Waals surface area (Å²) < 4.78 is 0. The minimum atomic E-state index is 0. The maximum atomic E-state index is 11.9. The van der Waals surface area contributed by atoms with E-state index >= 15 is 0 Å². The molecule has 3 nitrogen and oxygen atoms in total. The summed E-state index contributed by atoms with van der Waals surface area (Å²) in [6.07, 6.45) is 7.34. The van der Waals surface area contributed by atoms with Crippen molar-refractivity contribution in [1.29, 1.82) is 0 Å². The lowest BCUT2D eigenvalue weighted by molar-refractivity contribution is -0.120. The second-order valence-corrected chi connectivity index (χ2v) is 6.49. The second-order valence-electron chi connectivity index (χ2n) is 6.49. The smallest absolute Gasteiger partial charge is 0.224 e. The average molecular weight is 309 g/mol. The molecule has 0 spiro atoms. The van der Waals surface area contributed by atoms with Crippen LogP contribution in [-0.2, 0) is 11.2 Å². The summed E-state index contributed by atoms with van der Waals surface area (Å²) in [6.45, 7) is 0.835. The molecular weight excluding hydrogens is 284 g/mol. The van der Waals surface area contributed by atoms with Crippen LogP contribution in [0.15, 0.2) is 24.3 Å². The van der Waals surface area contributed by atoms with Crippen LogP contribution in [0.25, 0.3) is 0 Å². The van der Waals surface area contributed by atoms with Gasteiger partial charge in [-0.3, -0.25) is 4.79 Å². The Hall–Kier alpha value is -1.22. The topological polar surface area (TPSA) is 55.1 Å². The molecule has 0 radical (unpaired) electrons. The molecule has 2 saturated carbocycles. The van der Waals surface area contributed by atoms with E-state index in [1.54, 1.807) is 0 Å². The Balaban J connectivity index is 0.00000161. The number of nitrogen functional groups attached to an aromatic ring is 1. The standard InChI is InChI=1S/C17H24N2O.ClH/c18-16-5-2-12(3-6-16)11-17(20)19-8-7-15-10-13-1-4-14(15)9-13;/h2-3,5-6,13-15H,1,4,7-11,18H2,(H,19,20);1H. The zero-order valence-corrected chi connectivity index (χ0v) is 13.2. The molecule has 0 heterocycles. The van der Waals surface area contributed by atoms with Crippen LogP contribution in [0.2, 0.25) is 0 Å². The third-order valence-electron chi connectivity index (χ3n) is 5.07. The van der Waals surface area contributed by atoms with Crippen LogP contribution >= 0.6 is 12.4 Å². The monoisotopic (exact) mass is 308 g/mol. The van der Waals surface area contributed by atoms with Gasteiger partial charge in [0.1, 0.15) is 0 Å². The van der Waals surface area contributed by atoms with Crippen molar-refractivity contribution in [2.45, 2.75) is 38.5 Å². The van der Waals surface area contributed by atoms with E-state index in [1.165, 1.54) is 25.7 Å². The molecule has 116 valence electrons. The number of hydrogen-bond donors (Lipinski definition) is 2. The first-order valence-electron chi connectivity index (χ1n) is 7.82. The fourth-order valence-electron chi connectivity index (χ4n) is 4.01. The molecule has 3 atom stereocenters. The predicted molar refractivity (Wildman–Crippen MR) is 88.4 cm³/mol. The van der Waals surface area contributed by atoms with Gasteiger partial charge in [-0.25, -0.2) is 0 Å². The van der Waals surface area contributed by atoms with Crippen molar-refractivity contribution >= 4 is 24.0 Å². The van der Waals surface area contributed by atoms with Crippen LogP contribution in [0.4, 0.5) is 5.69 Å². The molecular formula is C17H25ClN2O. The van der Waals surface area contributed by atoms with Crippen LogP contribution in [0.5, 0.6) is 0 Å². The van der Waals surface area contributed by atoms with Crippen molar-refractivity contribution in [2.75, 3.05) is 12.3 Å². The van der Waals surface area contributed by atoms with E-state index in [9.17, 15) is 4.79 Å². The Labute approximate surface area is 133 Å². The molecule has 0 saturated heterocycles. The Morgan fingerprint density at radius 2 is 1.95 bits per heavy atom. The minimum absolute atomic E-state index is 0. The molecule has 2 fully saturated rings. The molecule has 1 amide bonds. The van der Waals surface area contributed by atoms with E-state index in [-0.39, 0.29) is 18.3 Å². The maximum absolute atomic E-state index is 11.9. The van der Waals surface area contributed by atoms with Crippen LogP contribution in [-0.4, -0.2) is 12.5 Å². The molecule has 1 aromatic rings. The highest BCUT2D eigenvalue weighted by molar-refractivity contribution is 5.85. The summed E-state index contributed by atoms with van der Waals surface area (Å²) in [4.78, 5) is 11.9. The van der Waals surface area contributed by atoms with Crippen molar-refractivity contribution in [3.63, 3.8) is 0 Å². The van der Waals surface area contributed by atoms with Gasteiger partial charge >= 0.3 is 0 Å². The van der Waals surface area contributed by atoms with Crippen molar-refractivity contribution < 1.29 is 4.79 Å². The quantitative estimate of drug-likeness (QED) is 0.821. The molecule has 2 aliphatic carbocycles. The van der Waals surface area contributed by atoms with Gasteiger partial charge in [0.2, 0.25) is 5.91 Å². The second kappa shape index (κ2) is 7.17. The molecule has 2 aliphatic rings. The number of fused-ring (bicyclic) bond motifs is 2. The minimum Gasteiger partial charge on any atom is -0.399 e. The SMILES string of the molecule is Cl.Nc1ccc(CC(=O)NCCC2CC3CCC2C3)cc1. The number of nitrogens with two attached hydrogens (primary N) is 1. The molecule has 0 aromatic heterocycles. The highest BCUT2D eigenvalue weighted by Gasteiger charge is 2.38. The third-order valence-corrected chi connectivity index (χ3v) is 5.07. The number of carbonyl (C=O) groups is 1. The fraction of sp³-hybridized carbons (Fsp3) is 0.588. The zero-order valence-electron chi connectivity index (χ0n) is 12.4. The van der Waals surface area contributed by atoms with Crippen molar-refractivity contribution in [1.82, 2.24) is 5.32 Å². The molecule has 4 heteroatoms. The number of rotatable bonds is 5. The van der Waals surface area contributed by atoms with Crippen molar-refractivity contribution in [2.24, 2.45) is 17.8 Å². The van der Waals surface area contributed by atoms with E-state index in [0.717, 1.165) is 42.0 Å². The molecule has 0 aliphatic heterocycles. The van der Waals surface area contributed by atoms with E-state index in [1.807, 2.05) is 24.3 Å². The largest absolute Gasteiger partial charge is 0.399 e. The molecule has 3 N–H and O–H groups in total. The van der Waals surface area contributed by atoms with Gasteiger partial charge in [0.05, 0.1) is 6.42 Å². The van der Waals surface area contributed by atoms with E-state index in [2.05, 4.69) is 5.32 Å². The Morgan fingerprint density at radius 1 is 1.19 bits per heavy atom. The number of amides is 1. The summed E-state index contributed by atoms with van der Waals surface area (Å²) in [7, 11) is 0. The first-order chi connectivity index (χ1) is 9.70. The Bertz CT molecular complexity index is 474. The number of carbonyl (C=O) groups excluding carboxylic acids is 1. The molecule has 3 unspecified atom stereocenters. The van der Waals surface area contributed by atoms with Crippen LogP contribution in [0, 0.1) is 17.8 Å². The van der Waals surface area contributed by atoms with E-state index in [0.29, 0.717) is 6.42 Å². The van der Waals surface area contributed by atoms with Crippen LogP contribution in [0.1, 0.15) is 37.7 Å². The Kier molecular flexibility index (Phi) is 5.51. The highest BCUT2D eigenvalue weighted by Crippen LogP contribution is 2.49. The summed E-state index contributed by atoms with van der Waals surface area (Å²) in [5, 5.41) is 3.06. The number of hydrogen-bond acceptors (Lipinski definition) is 2. The maximum Gasteiger partial charge on any atom is 0.224 e. The van der Waals surface area contributed by atoms with Gasteiger partial charge in [0, 0.05) is 12.2 Å². The third kappa shape index (κ3) is 4.13. The summed E-state index contributed by atoms with van der Waals surface area (Å²) >= 11 is 0. The lowest BCUT2D eigenvalue weighted by Crippen LogP contribution is -2.28. The molecule has 2 bridgehead atoms. The van der Waals surface area contributed by atoms with Gasteiger partial charge in [-0.1, -0.05) is 18.6 Å². The molecule has 1 aromatic carbocycles. The summed E-state index contributed by atoms with van der Waals surface area (Å²) in [6, 6.07) is 7.53. The van der Waals surface area contributed by atoms with E-state index < -0.39 is 0 Å². The first-order valence-corrected chi connectivity index (χ1v) is 7.82. The average Bonchev–Trinajstić information content (AvgIpc) is 3.04. The lowest BCUT2D eigenvalue weighted by atomic mass is 9.86. The number of anilines is 1. The van der Waals surface area contributed by atoms with Crippen molar-refractivity contribution in [3.8, 4) is 0 Å². The van der Waals surface area contributed by atoms with Crippen LogP contribution in [0.3, 0.4) is 0 Å². The molecule has 21 heavy (non-hydrogen) atoms. The van der Waals surface area contributed by atoms with Gasteiger partial charge in [0.15, 0.2) is 0 Å². The van der Waals surface area contributed by atoms with Gasteiger partial charge in [-0.2, -0.15) is 0 Å². The van der Waals surface area contributed by atoms with Gasteiger partial charge in [-0.15, -0.1) is 12.4 Å². The lowest BCUT2D eigenvalue weighted by Gasteiger charge is -2.21. The van der Waals surface area contributed by atoms with Gasteiger partial charge < -0.3 is 11.1 Å². The van der Waals surface area contributed by atoms with Gasteiger partial charge in [0.25, 0.3) is 0 Å². The number of halogens is 1. The van der Waals surface area contributed by atoms with E-state index in [4.69, 9.17) is 5.73 Å². The van der Waals surface area contributed by atoms with Crippen molar-refractivity contribution in [3.05, 3.63) is 29.8 Å². The predicted octanol–water partition coefficient (Wildman–Crippen LogP) is 3.18. The molecule has 3 rings (SSSR count).